The van der Waals surface area contributed by atoms with E-state index in [0.717, 1.165) is 12.1 Å². The Morgan fingerprint density at radius 1 is 0.762 bits per heavy atom. The van der Waals surface area contributed by atoms with Crippen molar-refractivity contribution in [3.05, 3.63) is 46.6 Å². The van der Waals surface area contributed by atoms with Gasteiger partial charge in [-0.15, -0.1) is 0 Å². The summed E-state index contributed by atoms with van der Waals surface area (Å²) in [6.07, 6.45) is -15.8. The number of aliphatic hydroxyl groups is 6. The average Bonchev–Trinajstić information content (AvgIpc) is 2.95. The van der Waals surface area contributed by atoms with Gasteiger partial charge in [0.1, 0.15) is 70.9 Å². The van der Waals surface area contributed by atoms with E-state index in [1.807, 2.05) is 0 Å². The average molecular weight is 595 g/mol. The van der Waals surface area contributed by atoms with Gasteiger partial charge >= 0.3 is 0 Å². The second-order valence-corrected chi connectivity index (χ2v) is 10.1. The van der Waals surface area contributed by atoms with Gasteiger partial charge in [0.25, 0.3) is 0 Å². The number of phenols is 3. The molecular formula is C27H30O15. The van der Waals surface area contributed by atoms with Crippen LogP contribution in [0.25, 0.3) is 22.3 Å². The van der Waals surface area contributed by atoms with Crippen molar-refractivity contribution in [3.8, 4) is 34.3 Å². The van der Waals surface area contributed by atoms with Crippen LogP contribution >= 0.6 is 0 Å². The third-order valence-electron chi connectivity index (χ3n) is 7.18. The fraction of sp³-hybridized carbons (Fsp3) is 0.444. The van der Waals surface area contributed by atoms with E-state index >= 15 is 0 Å². The SMILES string of the molecule is C[C@@H]1O[C@@H](OC[C@H]2O[C@@H](Oc3c(-c4ccc(O)cc4)oc4cc(O)cc(O)c4c3=O)[C@H](O)[C@@H](O)[C@@H]2O)[C@@H](O)[C@@H](O)[C@@H]1O. The summed E-state index contributed by atoms with van der Waals surface area (Å²) in [6, 6.07) is 7.33. The monoisotopic (exact) mass is 594 g/mol. The lowest BCUT2D eigenvalue weighted by molar-refractivity contribution is -0.318. The van der Waals surface area contributed by atoms with Crippen molar-refractivity contribution in [2.75, 3.05) is 6.61 Å². The molecule has 15 nitrogen and oxygen atoms in total. The Bertz CT molecular complexity index is 1470. The van der Waals surface area contributed by atoms with E-state index in [1.165, 1.54) is 31.2 Å². The molecule has 0 radical (unpaired) electrons. The Morgan fingerprint density at radius 2 is 1.40 bits per heavy atom. The van der Waals surface area contributed by atoms with Crippen molar-refractivity contribution in [2.45, 2.75) is 68.3 Å². The topological polar surface area (TPSA) is 249 Å². The molecule has 228 valence electrons. The summed E-state index contributed by atoms with van der Waals surface area (Å²) in [5.41, 5.74) is -0.956. The summed E-state index contributed by atoms with van der Waals surface area (Å²) >= 11 is 0. The molecule has 3 aromatic rings. The Balaban J connectivity index is 1.46. The van der Waals surface area contributed by atoms with E-state index in [9.17, 15) is 50.8 Å². The highest BCUT2D eigenvalue weighted by Crippen LogP contribution is 2.37. The molecule has 2 aliphatic heterocycles. The van der Waals surface area contributed by atoms with Crippen LogP contribution in [0.5, 0.6) is 23.0 Å². The predicted octanol–water partition coefficient (Wildman–Crippen LogP) is -1.39. The number of ether oxygens (including phenoxy) is 4. The summed E-state index contributed by atoms with van der Waals surface area (Å²) < 4.78 is 28.0. The van der Waals surface area contributed by atoms with Gasteiger partial charge in [-0.1, -0.05) is 0 Å². The van der Waals surface area contributed by atoms with E-state index in [1.54, 1.807) is 0 Å². The number of hydrogen-bond donors (Lipinski definition) is 9. The largest absolute Gasteiger partial charge is 0.508 e. The molecule has 9 N–H and O–H groups in total. The van der Waals surface area contributed by atoms with Crippen molar-refractivity contribution in [3.63, 3.8) is 0 Å². The van der Waals surface area contributed by atoms with Crippen LogP contribution in [0.2, 0.25) is 0 Å². The molecule has 0 unspecified atom stereocenters. The first-order chi connectivity index (χ1) is 19.9. The minimum Gasteiger partial charge on any atom is -0.508 e. The molecule has 5 rings (SSSR count). The first kappa shape index (κ1) is 30.0. The van der Waals surface area contributed by atoms with Gasteiger partial charge in [-0.2, -0.15) is 0 Å². The van der Waals surface area contributed by atoms with Gasteiger partial charge in [0, 0.05) is 17.7 Å². The second kappa shape index (κ2) is 11.6. The lowest BCUT2D eigenvalue weighted by Gasteiger charge is -2.42. The zero-order valence-corrected chi connectivity index (χ0v) is 21.9. The highest BCUT2D eigenvalue weighted by molar-refractivity contribution is 5.88. The van der Waals surface area contributed by atoms with Crippen molar-refractivity contribution < 1.29 is 69.3 Å². The maximum absolute atomic E-state index is 13.5. The lowest BCUT2D eigenvalue weighted by atomic mass is 9.98. The number of benzene rings is 2. The molecule has 2 aromatic carbocycles. The first-order valence-corrected chi connectivity index (χ1v) is 12.9. The van der Waals surface area contributed by atoms with Crippen LogP contribution in [0.4, 0.5) is 0 Å². The fourth-order valence-electron chi connectivity index (χ4n) is 4.79. The van der Waals surface area contributed by atoms with Crippen LogP contribution < -0.4 is 10.2 Å². The molecule has 0 saturated carbocycles. The van der Waals surface area contributed by atoms with Crippen LogP contribution in [0.1, 0.15) is 6.92 Å². The third-order valence-corrected chi connectivity index (χ3v) is 7.18. The van der Waals surface area contributed by atoms with E-state index in [-0.39, 0.29) is 28.0 Å². The standard InChI is InChI=1S/C27H30O15/c1-9-17(31)20(34)22(36)26(39-9)38-8-15-18(32)21(35)23(37)27(41-15)42-25-19(33)16-13(30)6-12(29)7-14(16)40-24(25)10-2-4-11(28)5-3-10/h2-7,9,15,17-18,20-23,26-32,34-37H,8H2,1H3/t9-,15+,17+,18+,20-,21-,22-,23+,26+,27-/m0/s1. The molecule has 2 aliphatic rings. The van der Waals surface area contributed by atoms with Gasteiger partial charge in [0.05, 0.1) is 12.7 Å². The smallest absolute Gasteiger partial charge is 0.239 e. The molecular weight excluding hydrogens is 564 g/mol. The van der Waals surface area contributed by atoms with E-state index in [0.29, 0.717) is 0 Å². The third kappa shape index (κ3) is 5.49. The minimum atomic E-state index is -1.92. The molecule has 10 atom stereocenters. The number of phenolic OH excluding ortho intramolecular Hbond substituents is 3. The zero-order chi connectivity index (χ0) is 30.5. The number of aromatic hydroxyl groups is 3. The van der Waals surface area contributed by atoms with Crippen LogP contribution in [0, 0.1) is 0 Å². The van der Waals surface area contributed by atoms with Crippen LogP contribution in [-0.2, 0) is 14.2 Å². The molecule has 15 heteroatoms. The van der Waals surface area contributed by atoms with E-state index in [4.69, 9.17) is 23.4 Å². The predicted molar refractivity (Wildman–Crippen MR) is 139 cm³/mol. The zero-order valence-electron chi connectivity index (χ0n) is 21.9. The van der Waals surface area contributed by atoms with Crippen molar-refractivity contribution in [1.82, 2.24) is 0 Å². The molecule has 1 aromatic heterocycles. The van der Waals surface area contributed by atoms with Gasteiger partial charge in [-0.05, 0) is 31.2 Å². The summed E-state index contributed by atoms with van der Waals surface area (Å²) in [7, 11) is 0. The van der Waals surface area contributed by atoms with E-state index < -0.39 is 90.7 Å². The van der Waals surface area contributed by atoms with Gasteiger partial charge < -0.3 is 69.3 Å². The van der Waals surface area contributed by atoms with E-state index in [2.05, 4.69) is 0 Å². The number of aliphatic hydroxyl groups excluding tert-OH is 6. The second-order valence-electron chi connectivity index (χ2n) is 10.1. The van der Waals surface area contributed by atoms with Gasteiger partial charge in [0.2, 0.25) is 17.5 Å². The maximum atomic E-state index is 13.5. The molecule has 2 saturated heterocycles. The van der Waals surface area contributed by atoms with Crippen molar-refractivity contribution in [1.29, 1.82) is 0 Å². The van der Waals surface area contributed by atoms with Crippen molar-refractivity contribution >= 4 is 11.0 Å². The summed E-state index contributed by atoms with van der Waals surface area (Å²) in [5.74, 6) is -1.97. The molecule has 42 heavy (non-hydrogen) atoms. The molecule has 0 amide bonds. The number of rotatable bonds is 6. The Labute approximate surface area is 236 Å². The Kier molecular flexibility index (Phi) is 8.30. The highest BCUT2D eigenvalue weighted by Gasteiger charge is 2.47. The molecule has 0 spiro atoms. The Morgan fingerprint density at radius 3 is 2.10 bits per heavy atom. The highest BCUT2D eigenvalue weighted by atomic mass is 16.7. The van der Waals surface area contributed by atoms with Gasteiger partial charge in [-0.25, -0.2) is 0 Å². The van der Waals surface area contributed by atoms with Crippen molar-refractivity contribution in [2.24, 2.45) is 0 Å². The molecule has 2 fully saturated rings. The molecule has 3 heterocycles. The number of fused-ring (bicyclic) bond motifs is 1. The maximum Gasteiger partial charge on any atom is 0.239 e. The first-order valence-electron chi connectivity index (χ1n) is 12.9. The normalized spacial score (nSPS) is 33.5. The summed E-state index contributed by atoms with van der Waals surface area (Å²) in [5, 5.41) is 91.4. The van der Waals surface area contributed by atoms with Crippen LogP contribution in [0.3, 0.4) is 0 Å². The van der Waals surface area contributed by atoms with Crippen LogP contribution in [-0.4, -0.2) is 114 Å². The van der Waals surface area contributed by atoms with Gasteiger partial charge in [0.15, 0.2) is 12.1 Å². The summed E-state index contributed by atoms with van der Waals surface area (Å²) in [6.45, 7) is 0.866. The quantitative estimate of drug-likeness (QED) is 0.159. The molecule has 0 bridgehead atoms. The Hall–Kier alpha value is -3.51. The summed E-state index contributed by atoms with van der Waals surface area (Å²) in [4.78, 5) is 13.5. The molecule has 0 aliphatic carbocycles. The van der Waals surface area contributed by atoms with Crippen LogP contribution in [0.15, 0.2) is 45.6 Å². The lowest BCUT2D eigenvalue weighted by Crippen LogP contribution is -2.61. The number of hydrogen-bond acceptors (Lipinski definition) is 15. The van der Waals surface area contributed by atoms with Gasteiger partial charge in [-0.3, -0.25) is 4.79 Å². The minimum absolute atomic E-state index is 0.103. The fourth-order valence-corrected chi connectivity index (χ4v) is 4.79.